The fraction of sp³-hybridized carbons (Fsp3) is 0.308. The molecule has 0 radical (unpaired) electrons. The van der Waals surface area contributed by atoms with Crippen molar-refractivity contribution in [3.05, 3.63) is 40.4 Å². The quantitative estimate of drug-likeness (QED) is 0.893. The van der Waals surface area contributed by atoms with Crippen LogP contribution >= 0.6 is 23.7 Å². The molecule has 2 heterocycles. The van der Waals surface area contributed by atoms with E-state index in [9.17, 15) is 5.11 Å². The highest BCUT2D eigenvalue weighted by atomic mass is 35.5. The molecule has 0 aliphatic carbocycles. The van der Waals surface area contributed by atoms with Gasteiger partial charge in [-0.2, -0.15) is 0 Å². The molecular weight excluding hydrogens is 282 g/mol. The van der Waals surface area contributed by atoms with Crippen LogP contribution in [0.5, 0.6) is 5.75 Å². The maximum atomic E-state index is 9.52. The van der Waals surface area contributed by atoms with Gasteiger partial charge < -0.3 is 10.8 Å². The fourth-order valence-electron chi connectivity index (χ4n) is 2.35. The van der Waals surface area contributed by atoms with E-state index in [0.717, 1.165) is 26.1 Å². The van der Waals surface area contributed by atoms with Crippen molar-refractivity contribution in [2.75, 3.05) is 12.3 Å². The fourth-order valence-corrected chi connectivity index (χ4v) is 3.08. The third kappa shape index (κ3) is 3.18. The number of halogens is 1. The number of aromatic hydroxyl groups is 1. The Morgan fingerprint density at radius 3 is 2.95 bits per heavy atom. The first kappa shape index (κ1) is 14.1. The highest BCUT2D eigenvalue weighted by Gasteiger charge is 2.17. The van der Waals surface area contributed by atoms with Gasteiger partial charge in [0.2, 0.25) is 0 Å². The third-order valence-electron chi connectivity index (χ3n) is 3.23. The Balaban J connectivity index is 0.00000133. The predicted octanol–water partition coefficient (Wildman–Crippen LogP) is 2.41. The number of phenols is 1. The Kier molecular flexibility index (Phi) is 4.29. The molecule has 1 aromatic carbocycles. The number of nitrogens with zero attached hydrogens (tertiary/aromatic N) is 2. The maximum absolute atomic E-state index is 9.52. The summed E-state index contributed by atoms with van der Waals surface area (Å²) in [4.78, 5) is 7.62. The lowest BCUT2D eigenvalue weighted by Crippen LogP contribution is -2.29. The van der Waals surface area contributed by atoms with Crippen LogP contribution < -0.4 is 5.73 Å². The van der Waals surface area contributed by atoms with Crippen LogP contribution in [-0.4, -0.2) is 21.5 Å². The number of benzene rings is 1. The second-order valence-electron chi connectivity index (χ2n) is 4.58. The van der Waals surface area contributed by atoms with E-state index < -0.39 is 0 Å². The minimum atomic E-state index is 0. The van der Waals surface area contributed by atoms with Gasteiger partial charge in [-0.25, -0.2) is 4.98 Å². The summed E-state index contributed by atoms with van der Waals surface area (Å²) < 4.78 is 0. The van der Waals surface area contributed by atoms with E-state index in [1.165, 1.54) is 16.0 Å². The van der Waals surface area contributed by atoms with E-state index in [1.54, 1.807) is 17.4 Å². The summed E-state index contributed by atoms with van der Waals surface area (Å²) in [5.74, 6) is 0.345. The third-order valence-corrected chi connectivity index (χ3v) is 4.04. The van der Waals surface area contributed by atoms with E-state index >= 15 is 0 Å². The number of aromatic nitrogens is 1. The lowest BCUT2D eigenvalue weighted by Gasteiger charge is -2.28. The largest absolute Gasteiger partial charge is 0.508 e. The Bertz CT molecular complexity index is 573. The van der Waals surface area contributed by atoms with Crippen molar-refractivity contribution in [2.24, 2.45) is 0 Å². The van der Waals surface area contributed by atoms with Crippen LogP contribution in [0.2, 0.25) is 0 Å². The van der Waals surface area contributed by atoms with E-state index in [0.29, 0.717) is 10.9 Å². The SMILES string of the molecule is Cl.Nc1ncc(CN2CCc3ccc(O)cc3C2)s1. The van der Waals surface area contributed by atoms with Gasteiger partial charge in [0.15, 0.2) is 5.13 Å². The molecule has 1 aromatic heterocycles. The first-order valence-electron chi connectivity index (χ1n) is 5.94. The molecule has 0 unspecified atom stereocenters. The molecule has 0 atom stereocenters. The summed E-state index contributed by atoms with van der Waals surface area (Å²) in [6, 6.07) is 5.65. The van der Waals surface area contributed by atoms with Crippen LogP contribution in [0.4, 0.5) is 5.13 Å². The average Bonchev–Trinajstić information content (AvgIpc) is 2.74. The number of phenolic OH excluding ortho intramolecular Hbond substituents is 1. The molecule has 0 saturated heterocycles. The molecular formula is C13H16ClN3OS. The van der Waals surface area contributed by atoms with Crippen LogP contribution in [0, 0.1) is 0 Å². The number of hydrogen-bond acceptors (Lipinski definition) is 5. The van der Waals surface area contributed by atoms with Crippen molar-refractivity contribution in [3.8, 4) is 5.75 Å². The molecule has 3 rings (SSSR count). The first-order chi connectivity index (χ1) is 8.70. The number of fused-ring (bicyclic) bond motifs is 1. The molecule has 0 amide bonds. The van der Waals surface area contributed by atoms with Crippen molar-refractivity contribution in [2.45, 2.75) is 19.5 Å². The summed E-state index contributed by atoms with van der Waals surface area (Å²) in [5, 5.41) is 10.1. The molecule has 0 fully saturated rings. The van der Waals surface area contributed by atoms with Crippen LogP contribution in [0.3, 0.4) is 0 Å². The first-order valence-corrected chi connectivity index (χ1v) is 6.75. The van der Waals surface area contributed by atoms with Gasteiger partial charge in [0.25, 0.3) is 0 Å². The van der Waals surface area contributed by atoms with Gasteiger partial charge in [0, 0.05) is 30.7 Å². The van der Waals surface area contributed by atoms with Gasteiger partial charge in [0.05, 0.1) is 0 Å². The van der Waals surface area contributed by atoms with E-state index in [1.807, 2.05) is 18.3 Å². The number of rotatable bonds is 2. The van der Waals surface area contributed by atoms with Crippen molar-refractivity contribution in [3.63, 3.8) is 0 Å². The van der Waals surface area contributed by atoms with Crippen molar-refractivity contribution in [1.82, 2.24) is 9.88 Å². The van der Waals surface area contributed by atoms with Crippen molar-refractivity contribution >= 4 is 28.9 Å². The Morgan fingerprint density at radius 2 is 2.21 bits per heavy atom. The lowest BCUT2D eigenvalue weighted by molar-refractivity contribution is 0.247. The zero-order valence-corrected chi connectivity index (χ0v) is 12.0. The molecule has 2 aromatic rings. The average molecular weight is 298 g/mol. The number of thiazole rings is 1. The van der Waals surface area contributed by atoms with Gasteiger partial charge >= 0.3 is 0 Å². The zero-order valence-electron chi connectivity index (χ0n) is 10.4. The summed E-state index contributed by atoms with van der Waals surface area (Å²) >= 11 is 1.54. The monoisotopic (exact) mass is 297 g/mol. The molecule has 0 saturated carbocycles. The molecule has 1 aliphatic rings. The van der Waals surface area contributed by atoms with Crippen LogP contribution in [0.1, 0.15) is 16.0 Å². The molecule has 0 bridgehead atoms. The number of hydrogen-bond donors (Lipinski definition) is 2. The minimum Gasteiger partial charge on any atom is -0.508 e. The number of anilines is 1. The van der Waals surface area contributed by atoms with E-state index in [2.05, 4.69) is 9.88 Å². The molecule has 0 spiro atoms. The molecule has 3 N–H and O–H groups in total. The molecule has 19 heavy (non-hydrogen) atoms. The Morgan fingerprint density at radius 1 is 1.37 bits per heavy atom. The van der Waals surface area contributed by atoms with E-state index in [4.69, 9.17) is 5.73 Å². The molecule has 102 valence electrons. The highest BCUT2D eigenvalue weighted by molar-refractivity contribution is 7.15. The lowest BCUT2D eigenvalue weighted by atomic mass is 9.99. The Labute approximate surface area is 122 Å². The standard InChI is InChI=1S/C13H15N3OS.ClH/c14-13-15-6-12(18-13)8-16-4-3-9-1-2-11(17)5-10(9)7-16;/h1-2,5-6,17H,3-4,7-8H2,(H2,14,15);1H. The van der Waals surface area contributed by atoms with Gasteiger partial charge in [-0.1, -0.05) is 6.07 Å². The summed E-state index contributed by atoms with van der Waals surface area (Å²) in [6.07, 6.45) is 2.88. The predicted molar refractivity (Wildman–Crippen MR) is 79.7 cm³/mol. The topological polar surface area (TPSA) is 62.4 Å². The van der Waals surface area contributed by atoms with Crippen LogP contribution in [-0.2, 0) is 19.5 Å². The van der Waals surface area contributed by atoms with Crippen LogP contribution in [0.15, 0.2) is 24.4 Å². The maximum Gasteiger partial charge on any atom is 0.180 e. The van der Waals surface area contributed by atoms with Gasteiger partial charge in [-0.3, -0.25) is 4.90 Å². The van der Waals surface area contributed by atoms with Gasteiger partial charge in [0.1, 0.15) is 5.75 Å². The van der Waals surface area contributed by atoms with Crippen LogP contribution in [0.25, 0.3) is 0 Å². The minimum absolute atomic E-state index is 0. The van der Waals surface area contributed by atoms with Crippen molar-refractivity contribution in [1.29, 1.82) is 0 Å². The smallest absolute Gasteiger partial charge is 0.180 e. The second kappa shape index (κ2) is 5.77. The van der Waals surface area contributed by atoms with Gasteiger partial charge in [-0.15, -0.1) is 23.7 Å². The molecule has 1 aliphatic heterocycles. The highest BCUT2D eigenvalue weighted by Crippen LogP contribution is 2.25. The molecule has 4 nitrogen and oxygen atoms in total. The summed E-state index contributed by atoms with van der Waals surface area (Å²) in [7, 11) is 0. The van der Waals surface area contributed by atoms with E-state index in [-0.39, 0.29) is 12.4 Å². The zero-order chi connectivity index (χ0) is 12.5. The number of nitrogens with two attached hydrogens (primary N) is 1. The summed E-state index contributed by atoms with van der Waals surface area (Å²) in [6.45, 7) is 2.79. The van der Waals surface area contributed by atoms with Gasteiger partial charge in [-0.05, 0) is 29.7 Å². The van der Waals surface area contributed by atoms with Crippen molar-refractivity contribution < 1.29 is 5.11 Å². The normalized spacial score (nSPS) is 14.7. The summed E-state index contributed by atoms with van der Waals surface area (Å²) in [5.41, 5.74) is 8.20. The molecule has 6 heteroatoms. The number of nitrogen functional groups attached to an aromatic ring is 1. The Hall–Kier alpha value is -1.30. The second-order valence-corrected chi connectivity index (χ2v) is 5.73.